The molecule has 0 saturated carbocycles. The number of hydrogen-bond acceptors (Lipinski definition) is 5. The topological polar surface area (TPSA) is 87.3 Å². The van der Waals surface area contributed by atoms with Crippen LogP contribution in [-0.2, 0) is 9.59 Å². The number of rotatable bonds is 7. The normalized spacial score (nSPS) is 11.4. The fourth-order valence-corrected chi connectivity index (χ4v) is 4.05. The zero-order valence-corrected chi connectivity index (χ0v) is 18.1. The molecular formula is C22H21N3O3S2. The lowest BCUT2D eigenvalue weighted by atomic mass is 10.2. The number of carbonyl (C=O) groups excluding carboxylic acids is 3. The summed E-state index contributed by atoms with van der Waals surface area (Å²) in [6.45, 7) is 3.27. The van der Waals surface area contributed by atoms with E-state index in [2.05, 4.69) is 16.0 Å². The molecule has 0 bridgehead atoms. The summed E-state index contributed by atoms with van der Waals surface area (Å²) in [5.74, 6) is -0.404. The molecule has 8 heteroatoms. The average molecular weight is 440 g/mol. The number of carbonyl (C=O) groups is 3. The minimum absolute atomic E-state index is 0.123. The predicted octanol–water partition coefficient (Wildman–Crippen LogP) is 5.08. The fourth-order valence-electron chi connectivity index (χ4n) is 2.56. The van der Waals surface area contributed by atoms with Crippen molar-refractivity contribution in [1.29, 1.82) is 0 Å². The van der Waals surface area contributed by atoms with Gasteiger partial charge in [-0.2, -0.15) is 0 Å². The van der Waals surface area contributed by atoms with Gasteiger partial charge >= 0.3 is 0 Å². The summed E-state index contributed by atoms with van der Waals surface area (Å²) in [7, 11) is 0. The smallest absolute Gasteiger partial charge is 0.265 e. The molecule has 0 aliphatic carbocycles. The summed E-state index contributed by atoms with van der Waals surface area (Å²) in [5, 5.41) is 9.95. The van der Waals surface area contributed by atoms with Gasteiger partial charge in [0.2, 0.25) is 11.8 Å². The van der Waals surface area contributed by atoms with Gasteiger partial charge in [-0.1, -0.05) is 6.07 Å². The lowest BCUT2D eigenvalue weighted by Crippen LogP contribution is -2.22. The maximum atomic E-state index is 12.5. The Morgan fingerprint density at radius 2 is 1.40 bits per heavy atom. The first-order valence-corrected chi connectivity index (χ1v) is 11.0. The quantitative estimate of drug-likeness (QED) is 0.448. The number of thiophene rings is 1. The second-order valence-corrected chi connectivity index (χ2v) is 8.83. The molecule has 30 heavy (non-hydrogen) atoms. The molecule has 3 amide bonds. The minimum atomic E-state index is -0.313. The van der Waals surface area contributed by atoms with Gasteiger partial charge in [-0.3, -0.25) is 14.4 Å². The Morgan fingerprint density at radius 1 is 0.833 bits per heavy atom. The lowest BCUT2D eigenvalue weighted by molar-refractivity contribution is -0.115. The molecule has 0 spiro atoms. The van der Waals surface area contributed by atoms with E-state index in [-0.39, 0.29) is 23.0 Å². The third kappa shape index (κ3) is 6.20. The largest absolute Gasteiger partial charge is 0.326 e. The van der Waals surface area contributed by atoms with Gasteiger partial charge in [-0.05, 0) is 66.9 Å². The first-order chi connectivity index (χ1) is 14.4. The maximum Gasteiger partial charge on any atom is 0.265 e. The maximum absolute atomic E-state index is 12.5. The summed E-state index contributed by atoms with van der Waals surface area (Å²) in [6.07, 6.45) is 0. The van der Waals surface area contributed by atoms with Crippen molar-refractivity contribution in [2.45, 2.75) is 24.0 Å². The molecule has 0 radical (unpaired) electrons. The molecule has 1 unspecified atom stereocenters. The molecule has 0 aliphatic heterocycles. The van der Waals surface area contributed by atoms with Gasteiger partial charge in [-0.25, -0.2) is 0 Å². The highest BCUT2D eigenvalue weighted by Gasteiger charge is 2.15. The Kier molecular flexibility index (Phi) is 7.26. The van der Waals surface area contributed by atoms with Crippen LogP contribution in [0, 0.1) is 0 Å². The molecule has 3 aromatic rings. The minimum Gasteiger partial charge on any atom is -0.326 e. The van der Waals surface area contributed by atoms with E-state index in [1.165, 1.54) is 30.0 Å². The second kappa shape index (κ2) is 10.1. The van der Waals surface area contributed by atoms with Gasteiger partial charge in [0.1, 0.15) is 0 Å². The van der Waals surface area contributed by atoms with Crippen LogP contribution in [0.25, 0.3) is 0 Å². The first kappa shape index (κ1) is 21.6. The van der Waals surface area contributed by atoms with Crippen LogP contribution in [0.15, 0.2) is 70.9 Å². The second-order valence-electron chi connectivity index (χ2n) is 6.46. The van der Waals surface area contributed by atoms with Crippen LogP contribution in [0.2, 0.25) is 0 Å². The van der Waals surface area contributed by atoms with Crippen LogP contribution >= 0.6 is 23.1 Å². The molecule has 0 saturated heterocycles. The number of nitrogens with one attached hydrogen (secondary N) is 3. The molecule has 6 nitrogen and oxygen atoms in total. The standard InChI is InChI=1S/C22H21N3O3S2/c1-14(21(27)24-17-7-5-16(6-8-17)23-15(2)26)30-19-11-9-18(10-12-19)25-22(28)20-4-3-13-29-20/h3-14H,1-2H3,(H,23,26)(H,24,27)(H,25,28). The Hall–Kier alpha value is -3.10. The van der Waals surface area contributed by atoms with Crippen LogP contribution in [0.4, 0.5) is 17.1 Å². The highest BCUT2D eigenvalue weighted by molar-refractivity contribution is 8.00. The number of anilines is 3. The Bertz CT molecular complexity index is 1020. The molecule has 0 aliphatic rings. The Labute approximate surface area is 183 Å². The van der Waals surface area contributed by atoms with E-state index >= 15 is 0 Å². The molecule has 3 N–H and O–H groups in total. The van der Waals surface area contributed by atoms with Crippen molar-refractivity contribution in [3.8, 4) is 0 Å². The van der Waals surface area contributed by atoms with E-state index in [4.69, 9.17) is 0 Å². The van der Waals surface area contributed by atoms with Gasteiger partial charge in [-0.15, -0.1) is 23.1 Å². The van der Waals surface area contributed by atoms with E-state index < -0.39 is 0 Å². The molecule has 1 atom stereocenters. The van der Waals surface area contributed by atoms with Crippen molar-refractivity contribution in [3.63, 3.8) is 0 Å². The highest BCUT2D eigenvalue weighted by atomic mass is 32.2. The van der Waals surface area contributed by atoms with Crippen molar-refractivity contribution >= 4 is 57.9 Å². The summed E-state index contributed by atoms with van der Waals surface area (Å²) in [4.78, 5) is 37.2. The van der Waals surface area contributed by atoms with Crippen LogP contribution < -0.4 is 16.0 Å². The van der Waals surface area contributed by atoms with Crippen LogP contribution in [-0.4, -0.2) is 23.0 Å². The zero-order valence-electron chi connectivity index (χ0n) is 16.5. The number of amides is 3. The molecule has 0 fully saturated rings. The Morgan fingerprint density at radius 3 is 1.97 bits per heavy atom. The number of hydrogen-bond donors (Lipinski definition) is 3. The number of benzene rings is 2. The third-order valence-corrected chi connectivity index (χ3v) is 5.99. The van der Waals surface area contributed by atoms with Crippen LogP contribution in [0.3, 0.4) is 0 Å². The number of thioether (sulfide) groups is 1. The highest BCUT2D eigenvalue weighted by Crippen LogP contribution is 2.26. The van der Waals surface area contributed by atoms with Crippen molar-refractivity contribution in [1.82, 2.24) is 0 Å². The van der Waals surface area contributed by atoms with Crippen molar-refractivity contribution in [3.05, 3.63) is 70.9 Å². The van der Waals surface area contributed by atoms with E-state index in [1.54, 1.807) is 30.3 Å². The molecular weight excluding hydrogens is 418 g/mol. The van der Waals surface area contributed by atoms with Gasteiger partial charge in [0.15, 0.2) is 0 Å². The summed E-state index contributed by atoms with van der Waals surface area (Å²) >= 11 is 2.82. The fraction of sp³-hybridized carbons (Fsp3) is 0.136. The van der Waals surface area contributed by atoms with Gasteiger partial charge in [0.05, 0.1) is 10.1 Å². The molecule has 1 heterocycles. The Balaban J connectivity index is 1.52. The monoisotopic (exact) mass is 439 g/mol. The SMILES string of the molecule is CC(=O)Nc1ccc(NC(=O)C(C)Sc2ccc(NC(=O)c3cccs3)cc2)cc1. The summed E-state index contributed by atoms with van der Waals surface area (Å²) < 4.78 is 0. The zero-order chi connectivity index (χ0) is 21.5. The van der Waals surface area contributed by atoms with E-state index in [9.17, 15) is 14.4 Å². The molecule has 1 aromatic heterocycles. The summed E-state index contributed by atoms with van der Waals surface area (Å²) in [6, 6.07) is 18.0. The van der Waals surface area contributed by atoms with Crippen LogP contribution in [0.1, 0.15) is 23.5 Å². The van der Waals surface area contributed by atoms with E-state index in [1.807, 2.05) is 42.6 Å². The van der Waals surface area contributed by atoms with E-state index in [0.29, 0.717) is 21.9 Å². The van der Waals surface area contributed by atoms with Crippen LogP contribution in [0.5, 0.6) is 0 Å². The lowest BCUT2D eigenvalue weighted by Gasteiger charge is -2.13. The molecule has 154 valence electrons. The van der Waals surface area contributed by atoms with E-state index in [0.717, 1.165) is 4.90 Å². The van der Waals surface area contributed by atoms with Gasteiger partial charge in [0, 0.05) is 28.9 Å². The molecule has 3 rings (SSSR count). The van der Waals surface area contributed by atoms with Gasteiger partial charge < -0.3 is 16.0 Å². The van der Waals surface area contributed by atoms with Gasteiger partial charge in [0.25, 0.3) is 5.91 Å². The third-order valence-electron chi connectivity index (χ3n) is 4.01. The predicted molar refractivity (Wildman–Crippen MR) is 123 cm³/mol. The first-order valence-electron chi connectivity index (χ1n) is 9.21. The summed E-state index contributed by atoms with van der Waals surface area (Å²) in [5.41, 5.74) is 2.04. The molecule has 2 aromatic carbocycles. The average Bonchev–Trinajstić information content (AvgIpc) is 3.25. The van der Waals surface area contributed by atoms with Crippen molar-refractivity contribution in [2.75, 3.05) is 16.0 Å². The van der Waals surface area contributed by atoms with Crippen molar-refractivity contribution < 1.29 is 14.4 Å². The van der Waals surface area contributed by atoms with Crippen molar-refractivity contribution in [2.24, 2.45) is 0 Å².